The summed E-state index contributed by atoms with van der Waals surface area (Å²) < 4.78 is 5.49. The molecule has 0 aliphatic carbocycles. The van der Waals surface area contributed by atoms with Crippen molar-refractivity contribution in [3.8, 4) is 0 Å². The van der Waals surface area contributed by atoms with Gasteiger partial charge in [0.05, 0.1) is 13.2 Å². The van der Waals surface area contributed by atoms with Crippen LogP contribution in [0.4, 0.5) is 0 Å². The molecule has 2 aliphatic rings. The SMILES string of the molecule is CN=C(NCCCCN1CCN(Cc2ccccc2)CC1)NCC(C)(C)N1CCOCC1. The van der Waals surface area contributed by atoms with E-state index in [1.165, 1.54) is 44.7 Å². The molecule has 2 N–H and O–H groups in total. The molecular weight excluding hydrogens is 400 g/mol. The van der Waals surface area contributed by atoms with Gasteiger partial charge < -0.3 is 20.3 Å². The van der Waals surface area contributed by atoms with E-state index in [9.17, 15) is 0 Å². The first-order valence-electron chi connectivity index (χ1n) is 12.3. The van der Waals surface area contributed by atoms with Gasteiger partial charge in [-0.25, -0.2) is 0 Å². The zero-order chi connectivity index (χ0) is 22.7. The fourth-order valence-corrected chi connectivity index (χ4v) is 4.48. The Hall–Kier alpha value is -1.67. The first-order valence-corrected chi connectivity index (χ1v) is 12.3. The molecule has 2 saturated heterocycles. The summed E-state index contributed by atoms with van der Waals surface area (Å²) >= 11 is 0. The van der Waals surface area contributed by atoms with Crippen molar-refractivity contribution in [2.75, 3.05) is 79.2 Å². The molecule has 7 nitrogen and oxygen atoms in total. The van der Waals surface area contributed by atoms with E-state index in [0.29, 0.717) is 0 Å². The van der Waals surface area contributed by atoms with Crippen LogP contribution < -0.4 is 10.6 Å². The standard InChI is InChI=1S/C25H44N6O/c1-25(2,31-17-19-32-20-18-31)22-28-24(26-3)27-11-7-8-12-29-13-15-30(16-14-29)21-23-9-5-4-6-10-23/h4-6,9-10H,7-8,11-22H2,1-3H3,(H2,26,27,28). The van der Waals surface area contributed by atoms with Crippen molar-refractivity contribution in [1.29, 1.82) is 0 Å². The van der Waals surface area contributed by atoms with Gasteiger partial charge in [-0.05, 0) is 38.8 Å². The van der Waals surface area contributed by atoms with Crippen LogP contribution in [0.3, 0.4) is 0 Å². The van der Waals surface area contributed by atoms with E-state index in [-0.39, 0.29) is 5.54 Å². The molecule has 0 radical (unpaired) electrons. The number of hydrogen-bond acceptors (Lipinski definition) is 5. The highest BCUT2D eigenvalue weighted by Gasteiger charge is 2.28. The van der Waals surface area contributed by atoms with Crippen LogP contribution in [0.25, 0.3) is 0 Å². The summed E-state index contributed by atoms with van der Waals surface area (Å²) in [6, 6.07) is 10.8. The second kappa shape index (κ2) is 13.1. The third kappa shape index (κ3) is 8.35. The molecule has 0 atom stereocenters. The number of morpholine rings is 1. The van der Waals surface area contributed by atoms with Crippen LogP contribution in [0.1, 0.15) is 32.3 Å². The normalized spacial score (nSPS) is 19.8. The summed E-state index contributed by atoms with van der Waals surface area (Å²) in [5.74, 6) is 0.904. The number of nitrogens with one attached hydrogen (secondary N) is 2. The first-order chi connectivity index (χ1) is 15.6. The lowest BCUT2D eigenvalue weighted by molar-refractivity contribution is -0.00833. The molecule has 1 aromatic carbocycles. The Kier molecular flexibility index (Phi) is 10.2. The lowest BCUT2D eigenvalue weighted by atomic mass is 10.0. The van der Waals surface area contributed by atoms with Gasteiger partial charge in [0.2, 0.25) is 0 Å². The molecule has 2 fully saturated rings. The van der Waals surface area contributed by atoms with E-state index in [2.05, 4.69) is 74.5 Å². The molecule has 0 bridgehead atoms. The van der Waals surface area contributed by atoms with Gasteiger partial charge in [0.1, 0.15) is 0 Å². The van der Waals surface area contributed by atoms with Gasteiger partial charge in [-0.2, -0.15) is 0 Å². The summed E-state index contributed by atoms with van der Waals surface area (Å²) in [6.07, 6.45) is 2.39. The lowest BCUT2D eigenvalue weighted by Crippen LogP contribution is -2.56. The Labute approximate surface area is 195 Å². The van der Waals surface area contributed by atoms with E-state index >= 15 is 0 Å². The molecule has 2 heterocycles. The number of ether oxygens (including phenoxy) is 1. The zero-order valence-corrected chi connectivity index (χ0v) is 20.5. The highest BCUT2D eigenvalue weighted by Crippen LogP contribution is 2.15. The Morgan fingerprint density at radius 3 is 2.31 bits per heavy atom. The molecule has 180 valence electrons. The van der Waals surface area contributed by atoms with Crippen molar-refractivity contribution in [1.82, 2.24) is 25.3 Å². The smallest absolute Gasteiger partial charge is 0.191 e. The molecule has 0 saturated carbocycles. The number of hydrogen-bond donors (Lipinski definition) is 2. The lowest BCUT2D eigenvalue weighted by Gasteiger charge is -2.41. The minimum absolute atomic E-state index is 0.0874. The molecule has 0 amide bonds. The summed E-state index contributed by atoms with van der Waals surface area (Å²) in [5, 5.41) is 7.00. The van der Waals surface area contributed by atoms with Gasteiger partial charge in [0.25, 0.3) is 0 Å². The van der Waals surface area contributed by atoms with Crippen molar-refractivity contribution in [3.63, 3.8) is 0 Å². The van der Waals surface area contributed by atoms with Crippen LogP contribution in [0.5, 0.6) is 0 Å². The van der Waals surface area contributed by atoms with Crippen LogP contribution in [0.2, 0.25) is 0 Å². The Bertz CT molecular complexity index is 666. The third-order valence-corrected chi connectivity index (χ3v) is 6.69. The molecular formula is C25H44N6O. The predicted octanol–water partition coefficient (Wildman–Crippen LogP) is 1.86. The maximum atomic E-state index is 5.49. The van der Waals surface area contributed by atoms with Crippen molar-refractivity contribution < 1.29 is 4.74 Å². The topological polar surface area (TPSA) is 55.4 Å². The average molecular weight is 445 g/mol. The van der Waals surface area contributed by atoms with Gasteiger partial charge in [-0.3, -0.25) is 14.8 Å². The van der Waals surface area contributed by atoms with E-state index < -0.39 is 0 Å². The van der Waals surface area contributed by atoms with Crippen molar-refractivity contribution in [2.24, 2.45) is 4.99 Å². The number of rotatable bonds is 10. The highest BCUT2D eigenvalue weighted by atomic mass is 16.5. The summed E-state index contributed by atoms with van der Waals surface area (Å²) in [4.78, 5) is 12.1. The van der Waals surface area contributed by atoms with Gasteiger partial charge >= 0.3 is 0 Å². The average Bonchev–Trinajstić information content (AvgIpc) is 2.83. The quantitative estimate of drug-likeness (QED) is 0.326. The highest BCUT2D eigenvalue weighted by molar-refractivity contribution is 5.79. The van der Waals surface area contributed by atoms with E-state index in [0.717, 1.165) is 58.3 Å². The summed E-state index contributed by atoms with van der Waals surface area (Å²) in [5.41, 5.74) is 1.51. The number of aliphatic imine (C=N–C) groups is 1. The van der Waals surface area contributed by atoms with Crippen LogP contribution in [0, 0.1) is 0 Å². The van der Waals surface area contributed by atoms with E-state index in [1.807, 2.05) is 7.05 Å². The Balaban J connectivity index is 1.24. The van der Waals surface area contributed by atoms with Gasteiger partial charge in [0.15, 0.2) is 5.96 Å². The largest absolute Gasteiger partial charge is 0.379 e. The molecule has 0 unspecified atom stereocenters. The number of unbranched alkanes of at least 4 members (excludes halogenated alkanes) is 1. The van der Waals surface area contributed by atoms with Crippen molar-refractivity contribution in [2.45, 2.75) is 38.8 Å². The number of benzene rings is 1. The maximum Gasteiger partial charge on any atom is 0.191 e. The molecule has 0 spiro atoms. The fourth-order valence-electron chi connectivity index (χ4n) is 4.48. The molecule has 3 rings (SSSR count). The second-order valence-corrected chi connectivity index (χ2v) is 9.57. The second-order valence-electron chi connectivity index (χ2n) is 9.57. The zero-order valence-electron chi connectivity index (χ0n) is 20.5. The van der Waals surface area contributed by atoms with Gasteiger partial charge in [0, 0.05) is 71.5 Å². The third-order valence-electron chi connectivity index (χ3n) is 6.69. The van der Waals surface area contributed by atoms with Gasteiger partial charge in [-0.1, -0.05) is 30.3 Å². The molecule has 32 heavy (non-hydrogen) atoms. The maximum absolute atomic E-state index is 5.49. The number of nitrogens with zero attached hydrogens (tertiary/aromatic N) is 4. The minimum Gasteiger partial charge on any atom is -0.379 e. The Morgan fingerprint density at radius 2 is 1.62 bits per heavy atom. The number of guanidine groups is 1. The molecule has 7 heteroatoms. The van der Waals surface area contributed by atoms with Gasteiger partial charge in [-0.15, -0.1) is 0 Å². The summed E-state index contributed by atoms with van der Waals surface area (Å²) in [6.45, 7) is 17.1. The van der Waals surface area contributed by atoms with Crippen LogP contribution in [-0.4, -0.2) is 105 Å². The monoisotopic (exact) mass is 444 g/mol. The predicted molar refractivity (Wildman–Crippen MR) is 133 cm³/mol. The van der Waals surface area contributed by atoms with Crippen LogP contribution >= 0.6 is 0 Å². The van der Waals surface area contributed by atoms with Crippen molar-refractivity contribution in [3.05, 3.63) is 35.9 Å². The minimum atomic E-state index is 0.0874. The number of piperazine rings is 1. The Morgan fingerprint density at radius 1 is 0.938 bits per heavy atom. The molecule has 1 aromatic rings. The van der Waals surface area contributed by atoms with Crippen molar-refractivity contribution >= 4 is 5.96 Å². The molecule has 2 aliphatic heterocycles. The van der Waals surface area contributed by atoms with E-state index in [1.54, 1.807) is 0 Å². The summed E-state index contributed by atoms with van der Waals surface area (Å²) in [7, 11) is 1.85. The molecule has 0 aromatic heterocycles. The fraction of sp³-hybridized carbons (Fsp3) is 0.720. The van der Waals surface area contributed by atoms with Crippen LogP contribution in [0.15, 0.2) is 35.3 Å². The van der Waals surface area contributed by atoms with E-state index in [4.69, 9.17) is 4.74 Å². The first kappa shape index (κ1) is 25.0. The van der Waals surface area contributed by atoms with Crippen LogP contribution in [-0.2, 0) is 11.3 Å².